The van der Waals surface area contributed by atoms with Gasteiger partial charge in [0.2, 0.25) is 6.79 Å². The molecule has 0 atom stereocenters. The molecule has 0 radical (unpaired) electrons. The summed E-state index contributed by atoms with van der Waals surface area (Å²) in [6, 6.07) is 11.0. The average Bonchev–Trinajstić information content (AvgIpc) is 3.17. The van der Waals surface area contributed by atoms with Crippen molar-refractivity contribution in [2.24, 2.45) is 4.99 Å². The first-order valence-electron chi connectivity index (χ1n) is 11.1. The highest BCUT2D eigenvalue weighted by molar-refractivity contribution is 7.90. The van der Waals surface area contributed by atoms with Gasteiger partial charge < -0.3 is 19.5 Å². The fourth-order valence-electron chi connectivity index (χ4n) is 3.48. The minimum Gasteiger partial charge on any atom is -0.454 e. The van der Waals surface area contributed by atoms with Crippen LogP contribution in [0.3, 0.4) is 0 Å². The van der Waals surface area contributed by atoms with Crippen molar-refractivity contribution in [3.05, 3.63) is 54.1 Å². The van der Waals surface area contributed by atoms with Crippen molar-refractivity contribution >= 4 is 39.5 Å². The maximum Gasteiger partial charge on any atom is 0.331 e. The van der Waals surface area contributed by atoms with Crippen LogP contribution in [0.15, 0.2) is 58.4 Å². The molecular weight excluding hydrogens is 474 g/mol. The number of anilines is 1. The number of carbonyl (C=O) groups is 2. The van der Waals surface area contributed by atoms with Crippen LogP contribution in [0.5, 0.6) is 11.5 Å². The molecule has 2 N–H and O–H groups in total. The number of benzene rings is 2. The Morgan fingerprint density at radius 2 is 1.91 bits per heavy atom. The molecule has 2 aliphatic heterocycles. The molecule has 0 aliphatic carbocycles. The van der Waals surface area contributed by atoms with Gasteiger partial charge in [-0.2, -0.15) is 0 Å². The number of carbonyl (C=O) groups excluding carboxylic acids is 2. The average molecular weight is 500 g/mol. The van der Waals surface area contributed by atoms with Gasteiger partial charge in [-0.05, 0) is 54.8 Å². The summed E-state index contributed by atoms with van der Waals surface area (Å²) in [5.74, 6) is 0.347. The minimum absolute atomic E-state index is 0.00842. The number of amides is 1. The predicted molar refractivity (Wildman–Crippen MR) is 129 cm³/mol. The van der Waals surface area contributed by atoms with E-state index >= 15 is 0 Å². The lowest BCUT2D eigenvalue weighted by Crippen LogP contribution is -2.30. The summed E-state index contributed by atoms with van der Waals surface area (Å²) in [5.41, 5.74) is 0.963. The van der Waals surface area contributed by atoms with Gasteiger partial charge in [-0.3, -0.25) is 14.5 Å². The first-order chi connectivity index (χ1) is 16.9. The summed E-state index contributed by atoms with van der Waals surface area (Å²) in [5, 5.41) is 2.53. The van der Waals surface area contributed by atoms with Crippen LogP contribution in [0.1, 0.15) is 31.2 Å². The molecule has 0 saturated heterocycles. The van der Waals surface area contributed by atoms with E-state index in [9.17, 15) is 18.0 Å². The fraction of sp³-hybridized carbons (Fsp3) is 0.292. The third kappa shape index (κ3) is 6.82. The quantitative estimate of drug-likeness (QED) is 0.442. The monoisotopic (exact) mass is 499 g/mol. The van der Waals surface area contributed by atoms with E-state index in [1.807, 2.05) is 0 Å². The fourth-order valence-corrected chi connectivity index (χ4v) is 4.61. The molecule has 4 rings (SSSR count). The van der Waals surface area contributed by atoms with E-state index in [0.717, 1.165) is 19.3 Å². The smallest absolute Gasteiger partial charge is 0.331 e. The second kappa shape index (κ2) is 11.0. The maximum atomic E-state index is 12.7. The van der Waals surface area contributed by atoms with Gasteiger partial charge in [-0.1, -0.05) is 18.6 Å². The van der Waals surface area contributed by atoms with Gasteiger partial charge in [0.05, 0.1) is 4.90 Å². The Hall–Kier alpha value is -3.86. The minimum atomic E-state index is -3.84. The zero-order chi connectivity index (χ0) is 24.7. The SMILES string of the molecule is O=C(COC(=O)C=Cc1ccc2c(c1)OCO2)Nc1cccc(S(=O)(=O)NC2=NCCCCC2)c1. The second-order valence-corrected chi connectivity index (χ2v) is 9.56. The van der Waals surface area contributed by atoms with E-state index in [2.05, 4.69) is 15.0 Å². The number of ether oxygens (including phenoxy) is 3. The number of rotatable bonds is 7. The van der Waals surface area contributed by atoms with Crippen molar-refractivity contribution in [1.82, 2.24) is 4.72 Å². The van der Waals surface area contributed by atoms with Crippen molar-refractivity contribution in [2.75, 3.05) is 25.3 Å². The van der Waals surface area contributed by atoms with Crippen LogP contribution in [0.4, 0.5) is 5.69 Å². The Kier molecular flexibility index (Phi) is 7.66. The molecule has 35 heavy (non-hydrogen) atoms. The number of amidine groups is 1. The number of sulfonamides is 1. The van der Waals surface area contributed by atoms with E-state index in [1.54, 1.807) is 24.3 Å². The highest BCUT2D eigenvalue weighted by Gasteiger charge is 2.18. The van der Waals surface area contributed by atoms with E-state index in [0.29, 0.717) is 35.9 Å². The summed E-state index contributed by atoms with van der Waals surface area (Å²) < 4.78 is 43.4. The third-order valence-electron chi connectivity index (χ3n) is 5.21. The lowest BCUT2D eigenvalue weighted by molar-refractivity contribution is -0.142. The molecule has 10 nitrogen and oxygen atoms in total. The number of nitrogens with one attached hydrogen (secondary N) is 2. The molecule has 2 heterocycles. The molecule has 11 heteroatoms. The Labute approximate surface area is 203 Å². The van der Waals surface area contributed by atoms with Gasteiger partial charge in [0, 0.05) is 24.7 Å². The predicted octanol–water partition coefficient (Wildman–Crippen LogP) is 2.86. The van der Waals surface area contributed by atoms with Crippen LogP contribution >= 0.6 is 0 Å². The number of esters is 1. The molecule has 2 aliphatic rings. The largest absolute Gasteiger partial charge is 0.454 e. The summed E-state index contributed by atoms with van der Waals surface area (Å²) in [6.45, 7) is 0.217. The molecular formula is C24H25N3O7S. The van der Waals surface area contributed by atoms with E-state index in [1.165, 1.54) is 30.4 Å². The highest BCUT2D eigenvalue weighted by atomic mass is 32.2. The summed E-state index contributed by atoms with van der Waals surface area (Å²) in [6.07, 6.45) is 6.12. The summed E-state index contributed by atoms with van der Waals surface area (Å²) >= 11 is 0. The number of aliphatic imine (C=N–C) groups is 1. The zero-order valence-electron chi connectivity index (χ0n) is 18.9. The Bertz CT molecular complexity index is 1270. The normalized spacial score (nSPS) is 15.3. The van der Waals surface area contributed by atoms with Gasteiger partial charge in [-0.25, -0.2) is 13.2 Å². The van der Waals surface area contributed by atoms with Crippen molar-refractivity contribution in [2.45, 2.75) is 30.6 Å². The first-order valence-corrected chi connectivity index (χ1v) is 12.6. The van der Waals surface area contributed by atoms with Crippen LogP contribution in [0.25, 0.3) is 6.08 Å². The molecule has 0 unspecified atom stereocenters. The maximum absolute atomic E-state index is 12.7. The molecule has 184 valence electrons. The van der Waals surface area contributed by atoms with Gasteiger partial charge in [-0.15, -0.1) is 0 Å². The molecule has 0 saturated carbocycles. The zero-order valence-corrected chi connectivity index (χ0v) is 19.7. The molecule has 0 bridgehead atoms. The first kappa shape index (κ1) is 24.3. The standard InChI is InChI=1S/C24H25N3O7S/c28-23(15-32-24(29)11-9-17-8-10-20-21(13-17)34-16-33-20)26-18-5-4-6-19(14-18)35(30,31)27-22-7-2-1-3-12-25-22/h4-6,8-11,13-14H,1-3,7,12,15-16H2,(H,25,27)(H,26,28). The molecule has 2 aromatic rings. The van der Waals surface area contributed by atoms with Crippen LogP contribution in [0.2, 0.25) is 0 Å². The number of nitrogens with zero attached hydrogens (tertiary/aromatic N) is 1. The van der Waals surface area contributed by atoms with Crippen LogP contribution in [0, 0.1) is 0 Å². The van der Waals surface area contributed by atoms with Crippen molar-refractivity contribution in [3.8, 4) is 11.5 Å². The van der Waals surface area contributed by atoms with E-state index < -0.39 is 28.5 Å². The topological polar surface area (TPSA) is 132 Å². The number of hydrogen-bond acceptors (Lipinski definition) is 8. The van der Waals surface area contributed by atoms with Gasteiger partial charge >= 0.3 is 5.97 Å². The second-order valence-electron chi connectivity index (χ2n) is 7.87. The third-order valence-corrected chi connectivity index (χ3v) is 6.59. The lowest BCUT2D eigenvalue weighted by Gasteiger charge is -2.11. The van der Waals surface area contributed by atoms with Crippen molar-refractivity contribution in [1.29, 1.82) is 0 Å². The Morgan fingerprint density at radius 1 is 1.06 bits per heavy atom. The molecule has 0 fully saturated rings. The Balaban J connectivity index is 1.29. The summed E-state index contributed by atoms with van der Waals surface area (Å²) in [4.78, 5) is 28.4. The van der Waals surface area contributed by atoms with Crippen LogP contribution in [-0.2, 0) is 24.3 Å². The molecule has 1 amide bonds. The molecule has 0 spiro atoms. The highest BCUT2D eigenvalue weighted by Crippen LogP contribution is 2.32. The van der Waals surface area contributed by atoms with Gasteiger partial charge in [0.1, 0.15) is 5.84 Å². The summed E-state index contributed by atoms with van der Waals surface area (Å²) in [7, 11) is -3.84. The number of fused-ring (bicyclic) bond motifs is 1. The van der Waals surface area contributed by atoms with Crippen LogP contribution < -0.4 is 19.5 Å². The van der Waals surface area contributed by atoms with Gasteiger partial charge in [0.25, 0.3) is 15.9 Å². The molecule has 0 aromatic heterocycles. The van der Waals surface area contributed by atoms with E-state index in [-0.39, 0.29) is 17.4 Å². The van der Waals surface area contributed by atoms with E-state index in [4.69, 9.17) is 14.2 Å². The van der Waals surface area contributed by atoms with Crippen molar-refractivity contribution in [3.63, 3.8) is 0 Å². The Morgan fingerprint density at radius 3 is 2.80 bits per heavy atom. The molecule has 2 aromatic carbocycles. The van der Waals surface area contributed by atoms with Crippen LogP contribution in [-0.4, -0.2) is 46.1 Å². The number of hydrogen-bond donors (Lipinski definition) is 2. The van der Waals surface area contributed by atoms with Crippen molar-refractivity contribution < 1.29 is 32.2 Å². The lowest BCUT2D eigenvalue weighted by atomic mass is 10.2. The van der Waals surface area contributed by atoms with Gasteiger partial charge in [0.15, 0.2) is 18.1 Å².